The van der Waals surface area contributed by atoms with Crippen molar-refractivity contribution in [1.29, 1.82) is 0 Å². The van der Waals surface area contributed by atoms with E-state index in [2.05, 4.69) is 36.1 Å². The van der Waals surface area contributed by atoms with Gasteiger partial charge in [-0.15, -0.1) is 0 Å². The molecule has 4 nitrogen and oxygen atoms in total. The van der Waals surface area contributed by atoms with Crippen LogP contribution in [0, 0.1) is 11.8 Å². The highest BCUT2D eigenvalue weighted by Crippen LogP contribution is 2.27. The molecule has 0 radical (unpaired) electrons. The van der Waals surface area contributed by atoms with Gasteiger partial charge < -0.3 is 10.1 Å². The second kappa shape index (κ2) is 7.62. The first-order valence-electron chi connectivity index (χ1n) is 8.35. The van der Waals surface area contributed by atoms with Crippen LogP contribution in [-0.4, -0.2) is 22.6 Å². The van der Waals surface area contributed by atoms with Gasteiger partial charge in [-0.3, -0.25) is 0 Å². The molecule has 118 valence electrons. The van der Waals surface area contributed by atoms with Crippen LogP contribution >= 0.6 is 0 Å². The third kappa shape index (κ3) is 4.87. The van der Waals surface area contributed by atoms with E-state index in [1.807, 2.05) is 13.0 Å². The van der Waals surface area contributed by atoms with Crippen molar-refractivity contribution in [2.75, 3.05) is 11.9 Å². The zero-order valence-electron chi connectivity index (χ0n) is 13.9. The molecule has 4 heteroatoms. The fourth-order valence-corrected chi connectivity index (χ4v) is 2.95. The lowest BCUT2D eigenvalue weighted by atomic mass is 9.86. The summed E-state index contributed by atoms with van der Waals surface area (Å²) in [6.45, 7) is 9.33. The predicted molar refractivity (Wildman–Crippen MR) is 86.8 cm³/mol. The van der Waals surface area contributed by atoms with Gasteiger partial charge in [0.2, 0.25) is 5.88 Å². The SMILES string of the molecule is CCOc1cc(NC2CCCCC2C)nc(CC(C)C)n1. The molecule has 0 aromatic carbocycles. The van der Waals surface area contributed by atoms with Gasteiger partial charge >= 0.3 is 0 Å². The fourth-order valence-electron chi connectivity index (χ4n) is 2.95. The Labute approximate surface area is 128 Å². The zero-order chi connectivity index (χ0) is 15.2. The number of ether oxygens (including phenoxy) is 1. The van der Waals surface area contributed by atoms with E-state index in [0.717, 1.165) is 18.1 Å². The van der Waals surface area contributed by atoms with Crippen molar-refractivity contribution in [3.63, 3.8) is 0 Å². The standard InChI is InChI=1S/C17H29N3O/c1-5-21-17-11-16(19-15(20-17)10-12(2)3)18-14-9-7-6-8-13(14)4/h11-14H,5-10H2,1-4H3,(H,18,19,20). The van der Waals surface area contributed by atoms with Gasteiger partial charge in [-0.25, -0.2) is 4.98 Å². The second-order valence-corrected chi connectivity index (χ2v) is 6.55. The van der Waals surface area contributed by atoms with Crippen molar-refractivity contribution in [2.45, 2.75) is 65.8 Å². The average Bonchev–Trinajstić information content (AvgIpc) is 2.41. The molecule has 1 heterocycles. The van der Waals surface area contributed by atoms with Gasteiger partial charge in [0.25, 0.3) is 0 Å². The van der Waals surface area contributed by atoms with E-state index < -0.39 is 0 Å². The molecule has 0 aliphatic heterocycles. The molecule has 21 heavy (non-hydrogen) atoms. The Kier molecular flexibility index (Phi) is 5.83. The van der Waals surface area contributed by atoms with E-state index in [1.54, 1.807) is 0 Å². The Morgan fingerprint density at radius 3 is 2.71 bits per heavy atom. The number of hydrogen-bond acceptors (Lipinski definition) is 4. The number of rotatable bonds is 6. The molecule has 0 amide bonds. The Morgan fingerprint density at radius 2 is 2.05 bits per heavy atom. The molecule has 1 N–H and O–H groups in total. The van der Waals surface area contributed by atoms with E-state index >= 15 is 0 Å². The lowest BCUT2D eigenvalue weighted by molar-refractivity contribution is 0.323. The van der Waals surface area contributed by atoms with Crippen LogP contribution < -0.4 is 10.1 Å². The molecular weight excluding hydrogens is 262 g/mol. The molecule has 1 aromatic heterocycles. The minimum atomic E-state index is 0.523. The summed E-state index contributed by atoms with van der Waals surface area (Å²) in [6.07, 6.45) is 6.08. The van der Waals surface area contributed by atoms with Crippen molar-refractivity contribution >= 4 is 5.82 Å². The largest absolute Gasteiger partial charge is 0.478 e. The van der Waals surface area contributed by atoms with Gasteiger partial charge in [0, 0.05) is 18.5 Å². The van der Waals surface area contributed by atoms with E-state index in [9.17, 15) is 0 Å². The van der Waals surface area contributed by atoms with Gasteiger partial charge in [0.1, 0.15) is 11.6 Å². The van der Waals surface area contributed by atoms with Gasteiger partial charge in [0.15, 0.2) is 0 Å². The molecule has 2 rings (SSSR count). The molecule has 1 saturated carbocycles. The Morgan fingerprint density at radius 1 is 1.29 bits per heavy atom. The maximum atomic E-state index is 5.59. The number of hydrogen-bond donors (Lipinski definition) is 1. The predicted octanol–water partition coefficient (Wildman–Crippen LogP) is 4.06. The molecule has 0 saturated heterocycles. The van der Waals surface area contributed by atoms with Crippen LogP contribution in [0.2, 0.25) is 0 Å². The first-order chi connectivity index (χ1) is 10.1. The van der Waals surface area contributed by atoms with Crippen LogP contribution in [-0.2, 0) is 6.42 Å². The van der Waals surface area contributed by atoms with Crippen LogP contribution in [0.1, 0.15) is 59.2 Å². The Hall–Kier alpha value is -1.32. The highest BCUT2D eigenvalue weighted by molar-refractivity contribution is 5.39. The lowest BCUT2D eigenvalue weighted by Crippen LogP contribution is -2.30. The van der Waals surface area contributed by atoms with Crippen molar-refractivity contribution in [2.24, 2.45) is 11.8 Å². The van der Waals surface area contributed by atoms with Crippen LogP contribution in [0.3, 0.4) is 0 Å². The summed E-state index contributed by atoms with van der Waals surface area (Å²) in [7, 11) is 0. The summed E-state index contributed by atoms with van der Waals surface area (Å²) in [4.78, 5) is 9.18. The molecule has 1 fully saturated rings. The third-order valence-corrected chi connectivity index (χ3v) is 4.08. The summed E-state index contributed by atoms with van der Waals surface area (Å²) in [6, 6.07) is 2.46. The molecule has 2 atom stereocenters. The van der Waals surface area contributed by atoms with Crippen molar-refractivity contribution in [1.82, 2.24) is 9.97 Å². The zero-order valence-corrected chi connectivity index (χ0v) is 13.9. The quantitative estimate of drug-likeness (QED) is 0.858. The van der Waals surface area contributed by atoms with Crippen molar-refractivity contribution in [3.05, 3.63) is 11.9 Å². The summed E-state index contributed by atoms with van der Waals surface area (Å²) in [5.74, 6) is 3.74. The number of nitrogens with one attached hydrogen (secondary N) is 1. The summed E-state index contributed by atoms with van der Waals surface area (Å²) < 4.78 is 5.59. The van der Waals surface area contributed by atoms with Crippen molar-refractivity contribution in [3.8, 4) is 5.88 Å². The third-order valence-electron chi connectivity index (χ3n) is 4.08. The van der Waals surface area contributed by atoms with E-state index in [0.29, 0.717) is 30.4 Å². The number of nitrogens with zero attached hydrogens (tertiary/aromatic N) is 2. The van der Waals surface area contributed by atoms with Crippen LogP contribution in [0.5, 0.6) is 5.88 Å². The molecule has 1 aromatic rings. The highest BCUT2D eigenvalue weighted by atomic mass is 16.5. The van der Waals surface area contributed by atoms with Gasteiger partial charge in [-0.1, -0.05) is 33.6 Å². The maximum Gasteiger partial charge on any atom is 0.218 e. The number of anilines is 1. The normalized spacial score (nSPS) is 22.3. The lowest BCUT2D eigenvalue weighted by Gasteiger charge is -2.30. The number of aromatic nitrogens is 2. The van der Waals surface area contributed by atoms with E-state index in [-0.39, 0.29) is 0 Å². The Balaban J connectivity index is 2.14. The molecule has 0 spiro atoms. The first-order valence-corrected chi connectivity index (χ1v) is 8.35. The van der Waals surface area contributed by atoms with Crippen molar-refractivity contribution < 1.29 is 4.74 Å². The molecule has 0 bridgehead atoms. The average molecular weight is 291 g/mol. The fraction of sp³-hybridized carbons (Fsp3) is 0.765. The highest BCUT2D eigenvalue weighted by Gasteiger charge is 2.21. The summed E-state index contributed by atoms with van der Waals surface area (Å²) in [5.41, 5.74) is 0. The topological polar surface area (TPSA) is 47.0 Å². The van der Waals surface area contributed by atoms with E-state index in [4.69, 9.17) is 4.74 Å². The molecule has 1 aliphatic carbocycles. The molecule has 1 aliphatic rings. The van der Waals surface area contributed by atoms with Gasteiger partial charge in [-0.2, -0.15) is 4.98 Å². The second-order valence-electron chi connectivity index (χ2n) is 6.55. The monoisotopic (exact) mass is 291 g/mol. The maximum absolute atomic E-state index is 5.59. The first kappa shape index (κ1) is 16.1. The Bertz CT molecular complexity index is 448. The van der Waals surface area contributed by atoms with Crippen LogP contribution in [0.4, 0.5) is 5.82 Å². The van der Waals surface area contributed by atoms with Crippen LogP contribution in [0.15, 0.2) is 6.07 Å². The van der Waals surface area contributed by atoms with Gasteiger partial charge in [0.05, 0.1) is 6.61 Å². The molecule has 2 unspecified atom stereocenters. The minimum Gasteiger partial charge on any atom is -0.478 e. The van der Waals surface area contributed by atoms with Gasteiger partial charge in [-0.05, 0) is 31.6 Å². The van der Waals surface area contributed by atoms with E-state index in [1.165, 1.54) is 25.7 Å². The summed E-state index contributed by atoms with van der Waals surface area (Å²) >= 11 is 0. The molecular formula is C17H29N3O. The summed E-state index contributed by atoms with van der Waals surface area (Å²) in [5, 5.41) is 3.61. The minimum absolute atomic E-state index is 0.523. The smallest absolute Gasteiger partial charge is 0.218 e. The van der Waals surface area contributed by atoms with Crippen LogP contribution in [0.25, 0.3) is 0 Å².